The smallest absolute Gasteiger partial charge is 0.179 e. The Bertz CT molecular complexity index is 302. The number of Topliss-reactive ketones (excluding diaryl/α,β-unsaturated/α-hetero) is 1. The van der Waals surface area contributed by atoms with Gasteiger partial charge in [-0.25, -0.2) is 0 Å². The molecule has 1 aromatic rings. The van der Waals surface area contributed by atoms with Crippen LogP contribution in [0.1, 0.15) is 43.4 Å². The van der Waals surface area contributed by atoms with E-state index in [-0.39, 0.29) is 5.78 Å². The van der Waals surface area contributed by atoms with Gasteiger partial charge in [0.05, 0.1) is 0 Å². The van der Waals surface area contributed by atoms with Crippen molar-refractivity contribution in [1.29, 1.82) is 0 Å². The van der Waals surface area contributed by atoms with E-state index in [0.29, 0.717) is 5.69 Å². The largest absolute Gasteiger partial charge is 0.293 e. The van der Waals surface area contributed by atoms with E-state index in [1.54, 1.807) is 6.92 Å². The van der Waals surface area contributed by atoms with Gasteiger partial charge >= 0.3 is 0 Å². The number of carbonyl (C=O) groups excluding carboxylic acids is 1. The molecule has 0 unspecified atom stereocenters. The van der Waals surface area contributed by atoms with Crippen molar-refractivity contribution < 1.29 is 4.79 Å². The molecule has 0 aliphatic rings. The van der Waals surface area contributed by atoms with Gasteiger partial charge in [-0.15, -0.1) is 0 Å². The Morgan fingerprint density at radius 3 is 2.69 bits per heavy atom. The summed E-state index contributed by atoms with van der Waals surface area (Å²) in [6, 6.07) is 1.90. The zero-order valence-electron chi connectivity index (χ0n) is 8.50. The lowest BCUT2D eigenvalue weighted by atomic mass is 10.2. The van der Waals surface area contributed by atoms with Crippen molar-refractivity contribution in [3.8, 4) is 0 Å². The summed E-state index contributed by atoms with van der Waals surface area (Å²) < 4.78 is 1.90. The van der Waals surface area contributed by atoms with Crippen LogP contribution in [0.4, 0.5) is 0 Å². The minimum absolute atomic E-state index is 0.0459. The summed E-state index contributed by atoms with van der Waals surface area (Å²) >= 11 is 0. The van der Waals surface area contributed by atoms with Gasteiger partial charge in [0.2, 0.25) is 0 Å². The van der Waals surface area contributed by atoms with E-state index in [2.05, 4.69) is 12.0 Å². The third-order valence-corrected chi connectivity index (χ3v) is 2.03. The first-order valence-electron chi connectivity index (χ1n) is 4.76. The van der Waals surface area contributed by atoms with E-state index in [0.717, 1.165) is 25.1 Å². The Hall–Kier alpha value is -1.12. The number of ketones is 1. The molecule has 0 aromatic carbocycles. The zero-order chi connectivity index (χ0) is 9.84. The molecule has 0 saturated carbocycles. The molecule has 0 amide bonds. The van der Waals surface area contributed by atoms with Crippen molar-refractivity contribution in [2.24, 2.45) is 0 Å². The van der Waals surface area contributed by atoms with E-state index in [9.17, 15) is 4.79 Å². The molecule has 1 heterocycles. The Morgan fingerprint density at radius 2 is 2.23 bits per heavy atom. The maximum Gasteiger partial charge on any atom is 0.179 e. The number of nitrogens with zero attached hydrogens (tertiary/aromatic N) is 2. The molecule has 0 aliphatic heterocycles. The van der Waals surface area contributed by atoms with Gasteiger partial charge in [0.25, 0.3) is 0 Å². The third kappa shape index (κ3) is 2.17. The highest BCUT2D eigenvalue weighted by Crippen LogP contribution is 2.07. The van der Waals surface area contributed by atoms with Crippen molar-refractivity contribution in [3.63, 3.8) is 0 Å². The van der Waals surface area contributed by atoms with E-state index in [1.165, 1.54) is 0 Å². The van der Waals surface area contributed by atoms with Crippen molar-refractivity contribution in [3.05, 3.63) is 17.5 Å². The predicted octanol–water partition coefficient (Wildman–Crippen LogP) is 2.06. The average Bonchev–Trinajstić information content (AvgIpc) is 2.48. The highest BCUT2D eigenvalue weighted by molar-refractivity contribution is 5.92. The lowest BCUT2D eigenvalue weighted by Crippen LogP contribution is -2.03. The molecule has 0 spiro atoms. The van der Waals surface area contributed by atoms with Crippen LogP contribution >= 0.6 is 0 Å². The Balaban J connectivity index is 2.96. The quantitative estimate of drug-likeness (QED) is 0.665. The van der Waals surface area contributed by atoms with Crippen LogP contribution in [-0.4, -0.2) is 15.6 Å². The summed E-state index contributed by atoms with van der Waals surface area (Å²) in [5.74, 6) is 0.0459. The summed E-state index contributed by atoms with van der Waals surface area (Å²) in [4.78, 5) is 11.1. The number of rotatable bonds is 4. The predicted molar refractivity (Wildman–Crippen MR) is 51.9 cm³/mol. The van der Waals surface area contributed by atoms with Crippen LogP contribution in [0.15, 0.2) is 6.07 Å². The molecule has 0 bridgehead atoms. The van der Waals surface area contributed by atoms with Crippen molar-refractivity contribution in [1.82, 2.24) is 9.78 Å². The summed E-state index contributed by atoms with van der Waals surface area (Å²) in [5.41, 5.74) is 1.75. The maximum atomic E-state index is 11.1. The first-order valence-corrected chi connectivity index (χ1v) is 4.76. The molecule has 3 heteroatoms. The van der Waals surface area contributed by atoms with Crippen LogP contribution in [0.2, 0.25) is 0 Å². The van der Waals surface area contributed by atoms with Gasteiger partial charge in [0.15, 0.2) is 5.78 Å². The number of aryl methyl sites for hydroxylation is 2. The van der Waals surface area contributed by atoms with Crippen LogP contribution in [0.3, 0.4) is 0 Å². The molecule has 3 nitrogen and oxygen atoms in total. The molecular formula is C10H16N2O. The van der Waals surface area contributed by atoms with Crippen molar-refractivity contribution in [2.75, 3.05) is 0 Å². The van der Waals surface area contributed by atoms with Gasteiger partial charge in [0.1, 0.15) is 5.69 Å². The maximum absolute atomic E-state index is 11.1. The average molecular weight is 180 g/mol. The van der Waals surface area contributed by atoms with Crippen LogP contribution in [0.5, 0.6) is 0 Å². The standard InChI is InChI=1S/C10H16N2O/c1-4-6-9-7-10(8(3)13)11-12(9)5-2/h7H,4-6H2,1-3H3. The highest BCUT2D eigenvalue weighted by atomic mass is 16.1. The minimum atomic E-state index is 0.0459. The van der Waals surface area contributed by atoms with Gasteiger partial charge in [-0.1, -0.05) is 13.3 Å². The molecule has 0 fully saturated rings. The lowest BCUT2D eigenvalue weighted by Gasteiger charge is -2.00. The fourth-order valence-electron chi connectivity index (χ4n) is 1.36. The van der Waals surface area contributed by atoms with Gasteiger partial charge < -0.3 is 0 Å². The first kappa shape index (κ1) is 9.96. The van der Waals surface area contributed by atoms with Gasteiger partial charge in [-0.3, -0.25) is 9.48 Å². The molecule has 13 heavy (non-hydrogen) atoms. The summed E-state index contributed by atoms with van der Waals surface area (Å²) in [6.07, 6.45) is 2.08. The normalized spacial score (nSPS) is 10.4. The molecular weight excluding hydrogens is 164 g/mol. The highest BCUT2D eigenvalue weighted by Gasteiger charge is 2.08. The second kappa shape index (κ2) is 4.21. The van der Waals surface area contributed by atoms with Gasteiger partial charge in [-0.05, 0) is 19.4 Å². The van der Waals surface area contributed by atoms with Crippen molar-refractivity contribution >= 4 is 5.78 Å². The molecule has 0 N–H and O–H groups in total. The molecule has 1 rings (SSSR count). The summed E-state index contributed by atoms with van der Waals surface area (Å²) in [7, 11) is 0. The monoisotopic (exact) mass is 180 g/mol. The minimum Gasteiger partial charge on any atom is -0.293 e. The molecule has 0 atom stereocenters. The van der Waals surface area contributed by atoms with Crippen molar-refractivity contribution in [2.45, 2.75) is 40.2 Å². The fourth-order valence-corrected chi connectivity index (χ4v) is 1.36. The summed E-state index contributed by atoms with van der Waals surface area (Å²) in [6.45, 7) is 6.55. The second-order valence-corrected chi connectivity index (χ2v) is 3.14. The number of aromatic nitrogens is 2. The molecule has 1 aromatic heterocycles. The number of carbonyl (C=O) groups is 1. The van der Waals surface area contributed by atoms with E-state index < -0.39 is 0 Å². The SMILES string of the molecule is CCCc1cc(C(C)=O)nn1CC. The van der Waals surface area contributed by atoms with E-state index in [1.807, 2.05) is 17.7 Å². The topological polar surface area (TPSA) is 34.9 Å². The first-order chi connectivity index (χ1) is 6.19. The Kier molecular flexibility index (Phi) is 3.23. The Labute approximate surface area is 78.8 Å². The van der Waals surface area contributed by atoms with Crippen LogP contribution in [-0.2, 0) is 13.0 Å². The fraction of sp³-hybridized carbons (Fsp3) is 0.600. The molecule has 72 valence electrons. The van der Waals surface area contributed by atoms with Crippen LogP contribution in [0, 0.1) is 0 Å². The lowest BCUT2D eigenvalue weighted by molar-refractivity contribution is 0.101. The van der Waals surface area contributed by atoms with E-state index >= 15 is 0 Å². The van der Waals surface area contributed by atoms with Gasteiger partial charge in [-0.2, -0.15) is 5.10 Å². The van der Waals surface area contributed by atoms with Crippen LogP contribution < -0.4 is 0 Å². The second-order valence-electron chi connectivity index (χ2n) is 3.14. The zero-order valence-corrected chi connectivity index (χ0v) is 8.50. The third-order valence-electron chi connectivity index (χ3n) is 2.03. The van der Waals surface area contributed by atoms with Crippen LogP contribution in [0.25, 0.3) is 0 Å². The number of hydrogen-bond acceptors (Lipinski definition) is 2. The number of hydrogen-bond donors (Lipinski definition) is 0. The summed E-state index contributed by atoms with van der Waals surface area (Å²) in [5, 5.41) is 4.21. The molecule has 0 saturated heterocycles. The molecule has 0 radical (unpaired) electrons. The Morgan fingerprint density at radius 1 is 1.54 bits per heavy atom. The van der Waals surface area contributed by atoms with E-state index in [4.69, 9.17) is 0 Å². The van der Waals surface area contributed by atoms with Gasteiger partial charge in [0, 0.05) is 19.2 Å². The molecule has 0 aliphatic carbocycles.